The van der Waals surface area contributed by atoms with Crippen LogP contribution in [0.3, 0.4) is 0 Å². The van der Waals surface area contributed by atoms with Crippen LogP contribution >= 0.6 is 0 Å². The molecule has 19 heavy (non-hydrogen) atoms. The van der Waals surface area contributed by atoms with Crippen molar-refractivity contribution in [1.29, 1.82) is 0 Å². The normalized spacial score (nSPS) is 17.8. The highest BCUT2D eigenvalue weighted by molar-refractivity contribution is 6.01. The molecule has 1 saturated heterocycles. The highest BCUT2D eigenvalue weighted by atomic mass is 16.4. The molecule has 1 rings (SSSR count). The molecule has 0 atom stereocenters. The van der Waals surface area contributed by atoms with Crippen LogP contribution in [0.1, 0.15) is 20.3 Å². The molecule has 0 aromatic carbocycles. The van der Waals surface area contributed by atoms with E-state index < -0.39 is 5.97 Å². The molecule has 0 spiro atoms. The summed E-state index contributed by atoms with van der Waals surface area (Å²) in [4.78, 5) is 24.8. The molecule has 1 heterocycles. The van der Waals surface area contributed by atoms with Gasteiger partial charge in [-0.2, -0.15) is 0 Å². The number of amides is 1. The smallest absolute Gasteiger partial charge is 0.331 e. The monoisotopic (exact) mass is 269 g/mol. The first-order chi connectivity index (χ1) is 9.02. The first-order valence-electron chi connectivity index (χ1n) is 6.64. The van der Waals surface area contributed by atoms with Crippen LogP contribution in [0.5, 0.6) is 0 Å². The topological polar surface area (TPSA) is 81.7 Å². The molecule has 0 aromatic heterocycles. The number of carbonyl (C=O) groups is 2. The highest BCUT2D eigenvalue weighted by Gasteiger charge is 2.12. The third kappa shape index (κ3) is 5.40. The zero-order valence-electron chi connectivity index (χ0n) is 11.7. The fourth-order valence-electron chi connectivity index (χ4n) is 1.90. The lowest BCUT2D eigenvalue weighted by atomic mass is 10.1. The molecule has 1 fully saturated rings. The number of carboxylic acid groups (broad SMARTS) is 1. The molecule has 1 aliphatic rings. The van der Waals surface area contributed by atoms with Crippen LogP contribution in [0, 0.1) is 0 Å². The minimum Gasteiger partial charge on any atom is -0.478 e. The lowest BCUT2D eigenvalue weighted by Gasteiger charge is -2.27. The first-order valence-corrected chi connectivity index (χ1v) is 6.64. The quantitative estimate of drug-likeness (QED) is 0.460. The average molecular weight is 269 g/mol. The standard InChI is InChI=1S/C13H23N3O3/c1-10(11(2)13(18)19)12(17)15-4-3-7-16-8-5-14-6-9-16/h14H,3-9H2,1-2H3,(H,15,17)(H,18,19). The predicted molar refractivity (Wildman–Crippen MR) is 72.9 cm³/mol. The van der Waals surface area contributed by atoms with Crippen molar-refractivity contribution in [2.75, 3.05) is 39.3 Å². The third-order valence-corrected chi connectivity index (χ3v) is 3.37. The molecule has 0 unspecified atom stereocenters. The maximum atomic E-state index is 11.7. The van der Waals surface area contributed by atoms with Crippen molar-refractivity contribution in [3.8, 4) is 0 Å². The molecule has 1 aliphatic heterocycles. The number of aliphatic carboxylic acids is 1. The Kier molecular flexibility index (Phi) is 6.52. The van der Waals surface area contributed by atoms with Gasteiger partial charge in [-0.3, -0.25) is 4.79 Å². The molecule has 108 valence electrons. The number of nitrogens with zero attached hydrogens (tertiary/aromatic N) is 1. The molecule has 6 nitrogen and oxygen atoms in total. The van der Waals surface area contributed by atoms with Crippen molar-refractivity contribution in [3.63, 3.8) is 0 Å². The largest absolute Gasteiger partial charge is 0.478 e. The summed E-state index contributed by atoms with van der Waals surface area (Å²) in [6.45, 7) is 8.65. The van der Waals surface area contributed by atoms with Crippen LogP contribution in [0.15, 0.2) is 11.1 Å². The zero-order chi connectivity index (χ0) is 14.3. The SMILES string of the molecule is CC(C(=O)O)=C(C)C(=O)NCCCN1CCNCC1. The van der Waals surface area contributed by atoms with E-state index in [2.05, 4.69) is 15.5 Å². The lowest BCUT2D eigenvalue weighted by molar-refractivity contribution is -0.133. The van der Waals surface area contributed by atoms with E-state index in [9.17, 15) is 9.59 Å². The van der Waals surface area contributed by atoms with Gasteiger partial charge in [0.05, 0.1) is 0 Å². The molecule has 0 radical (unpaired) electrons. The van der Waals surface area contributed by atoms with E-state index in [0.29, 0.717) is 6.54 Å². The maximum Gasteiger partial charge on any atom is 0.331 e. The fourth-order valence-corrected chi connectivity index (χ4v) is 1.90. The summed E-state index contributed by atoms with van der Waals surface area (Å²) < 4.78 is 0. The molecule has 6 heteroatoms. The van der Waals surface area contributed by atoms with Crippen molar-refractivity contribution in [1.82, 2.24) is 15.5 Å². The zero-order valence-corrected chi connectivity index (χ0v) is 11.7. The molecule has 0 aromatic rings. The third-order valence-electron chi connectivity index (χ3n) is 3.37. The molecular weight excluding hydrogens is 246 g/mol. The Labute approximate surface area is 113 Å². The Morgan fingerprint density at radius 2 is 1.84 bits per heavy atom. The van der Waals surface area contributed by atoms with E-state index in [1.54, 1.807) is 0 Å². The molecule has 0 aliphatic carbocycles. The first kappa shape index (κ1) is 15.7. The maximum absolute atomic E-state index is 11.7. The van der Waals surface area contributed by atoms with E-state index in [1.807, 2.05) is 0 Å². The Morgan fingerprint density at radius 3 is 2.42 bits per heavy atom. The van der Waals surface area contributed by atoms with Gasteiger partial charge in [0.15, 0.2) is 0 Å². The summed E-state index contributed by atoms with van der Waals surface area (Å²) in [5, 5.41) is 14.8. The number of nitrogens with one attached hydrogen (secondary N) is 2. The summed E-state index contributed by atoms with van der Waals surface area (Å²) in [6, 6.07) is 0. The predicted octanol–water partition coefficient (Wildman–Crippen LogP) is -0.181. The van der Waals surface area contributed by atoms with E-state index in [-0.39, 0.29) is 17.1 Å². The van der Waals surface area contributed by atoms with Gasteiger partial charge in [0, 0.05) is 43.9 Å². The Morgan fingerprint density at radius 1 is 1.21 bits per heavy atom. The van der Waals surface area contributed by atoms with Crippen molar-refractivity contribution in [2.45, 2.75) is 20.3 Å². The number of hydrogen-bond donors (Lipinski definition) is 3. The lowest BCUT2D eigenvalue weighted by Crippen LogP contribution is -2.44. The van der Waals surface area contributed by atoms with Crippen LogP contribution in [-0.4, -0.2) is 61.2 Å². The van der Waals surface area contributed by atoms with Crippen molar-refractivity contribution < 1.29 is 14.7 Å². The molecular formula is C13H23N3O3. The van der Waals surface area contributed by atoms with E-state index >= 15 is 0 Å². The van der Waals surface area contributed by atoms with Gasteiger partial charge in [0.1, 0.15) is 0 Å². The number of carboxylic acids is 1. The van der Waals surface area contributed by atoms with Gasteiger partial charge >= 0.3 is 5.97 Å². The van der Waals surface area contributed by atoms with Gasteiger partial charge in [-0.25, -0.2) is 4.79 Å². The molecule has 0 saturated carbocycles. The van der Waals surface area contributed by atoms with Crippen LogP contribution in [0.25, 0.3) is 0 Å². The Hall–Kier alpha value is -1.40. The van der Waals surface area contributed by atoms with Gasteiger partial charge in [-0.15, -0.1) is 0 Å². The van der Waals surface area contributed by atoms with E-state index in [1.165, 1.54) is 13.8 Å². The van der Waals surface area contributed by atoms with Crippen molar-refractivity contribution in [2.24, 2.45) is 0 Å². The Bertz CT molecular complexity index is 360. The minimum atomic E-state index is -1.05. The number of carbonyl (C=O) groups excluding carboxylic acids is 1. The van der Waals surface area contributed by atoms with Crippen LogP contribution in [0.4, 0.5) is 0 Å². The van der Waals surface area contributed by atoms with Gasteiger partial charge < -0.3 is 20.6 Å². The second kappa shape index (κ2) is 7.91. The molecule has 3 N–H and O–H groups in total. The second-order valence-electron chi connectivity index (χ2n) is 4.76. The van der Waals surface area contributed by atoms with Gasteiger partial charge in [-0.05, 0) is 26.8 Å². The van der Waals surface area contributed by atoms with E-state index in [0.717, 1.165) is 39.1 Å². The Balaban J connectivity index is 2.23. The summed E-state index contributed by atoms with van der Waals surface area (Å²) in [7, 11) is 0. The number of rotatable bonds is 6. The van der Waals surface area contributed by atoms with Crippen LogP contribution in [0.2, 0.25) is 0 Å². The second-order valence-corrected chi connectivity index (χ2v) is 4.76. The van der Waals surface area contributed by atoms with Crippen molar-refractivity contribution >= 4 is 11.9 Å². The summed E-state index contributed by atoms with van der Waals surface area (Å²) in [5.74, 6) is -1.34. The van der Waals surface area contributed by atoms with Crippen LogP contribution < -0.4 is 10.6 Å². The minimum absolute atomic E-state index is 0.0969. The summed E-state index contributed by atoms with van der Waals surface area (Å²) >= 11 is 0. The molecule has 0 bridgehead atoms. The van der Waals surface area contributed by atoms with Crippen molar-refractivity contribution in [3.05, 3.63) is 11.1 Å². The fraction of sp³-hybridized carbons (Fsp3) is 0.692. The average Bonchev–Trinajstić information content (AvgIpc) is 2.42. The summed E-state index contributed by atoms with van der Waals surface area (Å²) in [6.07, 6.45) is 0.880. The summed E-state index contributed by atoms with van der Waals surface area (Å²) in [5.41, 5.74) is 0.370. The molecule has 1 amide bonds. The van der Waals surface area contributed by atoms with E-state index in [4.69, 9.17) is 5.11 Å². The van der Waals surface area contributed by atoms with Gasteiger partial charge in [0.25, 0.3) is 0 Å². The van der Waals surface area contributed by atoms with Crippen LogP contribution in [-0.2, 0) is 9.59 Å². The number of piperazine rings is 1. The number of hydrogen-bond acceptors (Lipinski definition) is 4. The van der Waals surface area contributed by atoms with Gasteiger partial charge in [-0.1, -0.05) is 0 Å². The van der Waals surface area contributed by atoms with Gasteiger partial charge in [0.2, 0.25) is 5.91 Å². The highest BCUT2D eigenvalue weighted by Crippen LogP contribution is 2.03.